The van der Waals surface area contributed by atoms with Crippen molar-refractivity contribution in [2.24, 2.45) is 5.73 Å². The van der Waals surface area contributed by atoms with Crippen LogP contribution in [0.4, 0.5) is 0 Å². The van der Waals surface area contributed by atoms with Crippen molar-refractivity contribution in [2.75, 3.05) is 7.05 Å². The number of amides is 1. The van der Waals surface area contributed by atoms with Gasteiger partial charge in [0.15, 0.2) is 0 Å². The molecule has 0 bridgehead atoms. The molecular formula is C13H18N2O. The van der Waals surface area contributed by atoms with Crippen LogP contribution >= 0.6 is 0 Å². The number of carbonyl (C=O) groups excluding carboxylic acids is 1. The lowest BCUT2D eigenvalue weighted by atomic mass is 9.97. The van der Waals surface area contributed by atoms with E-state index in [0.29, 0.717) is 6.42 Å². The minimum Gasteiger partial charge on any atom is -0.337 e. The minimum atomic E-state index is -0.0845. The van der Waals surface area contributed by atoms with Crippen LogP contribution < -0.4 is 5.73 Å². The van der Waals surface area contributed by atoms with Crippen molar-refractivity contribution in [3.8, 4) is 0 Å². The molecule has 0 saturated carbocycles. The smallest absolute Gasteiger partial charge is 0.224 e. The Morgan fingerprint density at radius 2 is 1.81 bits per heavy atom. The van der Waals surface area contributed by atoms with Crippen LogP contribution in [0.3, 0.4) is 0 Å². The predicted octanol–water partition coefficient (Wildman–Crippen LogP) is 1.53. The number of nitrogens with two attached hydrogens (primary N) is 1. The molecule has 1 heterocycles. The van der Waals surface area contributed by atoms with Gasteiger partial charge in [-0.2, -0.15) is 0 Å². The predicted molar refractivity (Wildman–Crippen MR) is 64.0 cm³/mol. The van der Waals surface area contributed by atoms with Gasteiger partial charge in [0.2, 0.25) is 5.91 Å². The highest BCUT2D eigenvalue weighted by Gasteiger charge is 2.36. The summed E-state index contributed by atoms with van der Waals surface area (Å²) >= 11 is 0. The third-order valence-corrected chi connectivity index (χ3v) is 3.21. The first-order valence-electron chi connectivity index (χ1n) is 5.58. The van der Waals surface area contributed by atoms with E-state index in [1.807, 2.05) is 7.05 Å². The number of hydrogen-bond acceptors (Lipinski definition) is 2. The molecule has 1 aliphatic heterocycles. The Kier molecular flexibility index (Phi) is 2.72. The quantitative estimate of drug-likeness (QED) is 0.777. The Hall–Kier alpha value is -1.35. The van der Waals surface area contributed by atoms with E-state index in [2.05, 4.69) is 32.0 Å². The average molecular weight is 218 g/mol. The molecule has 3 heteroatoms. The van der Waals surface area contributed by atoms with E-state index >= 15 is 0 Å². The van der Waals surface area contributed by atoms with Crippen LogP contribution in [-0.2, 0) is 4.79 Å². The van der Waals surface area contributed by atoms with Crippen molar-refractivity contribution in [3.63, 3.8) is 0 Å². The first kappa shape index (κ1) is 11.1. The summed E-state index contributed by atoms with van der Waals surface area (Å²) in [5.41, 5.74) is 9.62. The molecule has 0 aromatic heterocycles. The number of nitrogens with zero attached hydrogens (tertiary/aromatic N) is 1. The Morgan fingerprint density at radius 1 is 1.25 bits per heavy atom. The fourth-order valence-electron chi connectivity index (χ4n) is 2.55. The Morgan fingerprint density at radius 3 is 2.25 bits per heavy atom. The number of aryl methyl sites for hydroxylation is 2. The summed E-state index contributed by atoms with van der Waals surface area (Å²) in [7, 11) is 1.83. The Labute approximate surface area is 96.2 Å². The zero-order valence-corrected chi connectivity index (χ0v) is 10.0. The molecule has 0 spiro atoms. The maximum Gasteiger partial charge on any atom is 0.224 e. The fraction of sp³-hybridized carbons (Fsp3) is 0.462. The van der Waals surface area contributed by atoms with Crippen molar-refractivity contribution in [2.45, 2.75) is 32.4 Å². The topological polar surface area (TPSA) is 46.3 Å². The van der Waals surface area contributed by atoms with Crippen molar-refractivity contribution < 1.29 is 4.79 Å². The molecule has 0 unspecified atom stereocenters. The van der Waals surface area contributed by atoms with Crippen molar-refractivity contribution >= 4 is 5.91 Å². The van der Waals surface area contributed by atoms with E-state index in [1.165, 1.54) is 11.1 Å². The number of likely N-dealkylation sites (N-methyl/N-ethyl adjacent to an activating group) is 1. The van der Waals surface area contributed by atoms with Gasteiger partial charge in [0, 0.05) is 19.5 Å². The van der Waals surface area contributed by atoms with E-state index in [1.54, 1.807) is 4.90 Å². The van der Waals surface area contributed by atoms with Gasteiger partial charge in [0.1, 0.15) is 0 Å². The van der Waals surface area contributed by atoms with Crippen molar-refractivity contribution in [1.29, 1.82) is 0 Å². The molecule has 2 rings (SSSR count). The lowest BCUT2D eigenvalue weighted by Crippen LogP contribution is -2.30. The van der Waals surface area contributed by atoms with Gasteiger partial charge in [-0.3, -0.25) is 4.79 Å². The highest BCUT2D eigenvalue weighted by molar-refractivity contribution is 5.80. The maximum atomic E-state index is 11.6. The molecule has 86 valence electrons. The maximum absolute atomic E-state index is 11.6. The number of hydrogen-bond donors (Lipinski definition) is 1. The molecule has 0 radical (unpaired) electrons. The third-order valence-electron chi connectivity index (χ3n) is 3.21. The normalized spacial score (nSPS) is 25.2. The largest absolute Gasteiger partial charge is 0.337 e. The number of carbonyl (C=O) groups is 1. The summed E-state index contributed by atoms with van der Waals surface area (Å²) in [4.78, 5) is 13.3. The SMILES string of the molecule is Cc1cc(C)cc([C@H]2[C@H](N)CC(=O)N2C)c1. The van der Waals surface area contributed by atoms with E-state index in [-0.39, 0.29) is 18.0 Å². The third kappa shape index (κ3) is 1.83. The first-order valence-corrected chi connectivity index (χ1v) is 5.58. The van der Waals surface area contributed by atoms with Crippen molar-refractivity contribution in [3.05, 3.63) is 34.9 Å². The summed E-state index contributed by atoms with van der Waals surface area (Å²) in [6, 6.07) is 6.32. The van der Waals surface area contributed by atoms with Gasteiger partial charge in [-0.15, -0.1) is 0 Å². The summed E-state index contributed by atoms with van der Waals surface area (Å²) < 4.78 is 0. The molecule has 1 aromatic rings. The highest BCUT2D eigenvalue weighted by atomic mass is 16.2. The Balaban J connectivity index is 2.40. The average Bonchev–Trinajstić information content (AvgIpc) is 2.39. The molecule has 16 heavy (non-hydrogen) atoms. The molecule has 1 aromatic carbocycles. The molecule has 0 aliphatic carbocycles. The minimum absolute atomic E-state index is 0.0334. The molecule has 1 fully saturated rings. The monoisotopic (exact) mass is 218 g/mol. The molecule has 2 atom stereocenters. The van der Waals surface area contributed by atoms with Crippen LogP contribution in [0.5, 0.6) is 0 Å². The van der Waals surface area contributed by atoms with E-state index < -0.39 is 0 Å². The van der Waals surface area contributed by atoms with Crippen LogP contribution in [-0.4, -0.2) is 23.9 Å². The lowest BCUT2D eigenvalue weighted by Gasteiger charge is -2.24. The Bertz CT molecular complexity index is 408. The number of likely N-dealkylation sites (tertiary alicyclic amines) is 1. The van der Waals surface area contributed by atoms with E-state index in [4.69, 9.17) is 5.73 Å². The van der Waals surface area contributed by atoms with E-state index in [0.717, 1.165) is 5.56 Å². The zero-order valence-electron chi connectivity index (χ0n) is 10.0. The van der Waals surface area contributed by atoms with Crippen molar-refractivity contribution in [1.82, 2.24) is 4.90 Å². The van der Waals surface area contributed by atoms with Crippen LogP contribution in [0.25, 0.3) is 0 Å². The molecular weight excluding hydrogens is 200 g/mol. The first-order chi connectivity index (χ1) is 7.49. The molecule has 1 saturated heterocycles. The fourth-order valence-corrected chi connectivity index (χ4v) is 2.55. The van der Waals surface area contributed by atoms with Gasteiger partial charge >= 0.3 is 0 Å². The molecule has 1 amide bonds. The second kappa shape index (κ2) is 3.91. The second-order valence-electron chi connectivity index (χ2n) is 4.74. The van der Waals surface area contributed by atoms with Crippen LogP contribution in [0, 0.1) is 13.8 Å². The van der Waals surface area contributed by atoms with Gasteiger partial charge in [-0.25, -0.2) is 0 Å². The molecule has 2 N–H and O–H groups in total. The standard InChI is InChI=1S/C13H18N2O/c1-8-4-9(2)6-10(5-8)13-11(14)7-12(16)15(13)3/h4-6,11,13H,7,14H2,1-3H3/t11-,13+/m1/s1. The van der Waals surface area contributed by atoms with Gasteiger partial charge in [-0.1, -0.05) is 29.3 Å². The van der Waals surface area contributed by atoms with Gasteiger partial charge in [0.05, 0.1) is 6.04 Å². The summed E-state index contributed by atoms with van der Waals surface area (Å²) in [5, 5.41) is 0. The summed E-state index contributed by atoms with van der Waals surface area (Å²) in [5.74, 6) is 0.136. The van der Waals surface area contributed by atoms with Crippen LogP contribution in [0.1, 0.15) is 29.2 Å². The van der Waals surface area contributed by atoms with Crippen LogP contribution in [0.15, 0.2) is 18.2 Å². The van der Waals surface area contributed by atoms with Gasteiger partial charge < -0.3 is 10.6 Å². The zero-order chi connectivity index (χ0) is 11.9. The summed E-state index contributed by atoms with van der Waals surface area (Å²) in [6.07, 6.45) is 0.453. The lowest BCUT2D eigenvalue weighted by molar-refractivity contribution is -0.127. The molecule has 1 aliphatic rings. The number of rotatable bonds is 1. The van der Waals surface area contributed by atoms with Gasteiger partial charge in [-0.05, 0) is 19.4 Å². The molecule has 3 nitrogen and oxygen atoms in total. The van der Waals surface area contributed by atoms with Gasteiger partial charge in [0.25, 0.3) is 0 Å². The van der Waals surface area contributed by atoms with Crippen LogP contribution in [0.2, 0.25) is 0 Å². The highest BCUT2D eigenvalue weighted by Crippen LogP contribution is 2.31. The summed E-state index contributed by atoms with van der Waals surface area (Å²) in [6.45, 7) is 4.14. The second-order valence-corrected chi connectivity index (χ2v) is 4.74. The van der Waals surface area contributed by atoms with E-state index in [9.17, 15) is 4.79 Å². The number of benzene rings is 1.